The predicted octanol–water partition coefficient (Wildman–Crippen LogP) is 4.18. The SMILES string of the molecule is CCOC(=O)c1cn(Cc2cccc(C(=N)N)c2)cc1Cc1ccc(NC(C)=O)cc1.O=C(O)C(F)(F)F. The molecular weight excluding hydrogens is 505 g/mol. The monoisotopic (exact) mass is 532 g/mol. The number of carboxylic acids is 1. The second-order valence-electron chi connectivity index (χ2n) is 8.06. The minimum absolute atomic E-state index is 0.0185. The third kappa shape index (κ3) is 9.12. The fraction of sp³-hybridized carbons (Fsp3) is 0.231. The third-order valence-corrected chi connectivity index (χ3v) is 4.97. The first-order valence-electron chi connectivity index (χ1n) is 11.3. The van der Waals surface area contributed by atoms with Crippen LogP contribution in [0.25, 0.3) is 0 Å². The molecule has 0 radical (unpaired) electrons. The molecule has 1 heterocycles. The molecule has 5 N–H and O–H groups in total. The maximum Gasteiger partial charge on any atom is 0.490 e. The van der Waals surface area contributed by atoms with Crippen molar-refractivity contribution in [3.05, 3.63) is 88.7 Å². The van der Waals surface area contributed by atoms with E-state index in [0.717, 1.165) is 22.4 Å². The smallest absolute Gasteiger partial charge is 0.475 e. The van der Waals surface area contributed by atoms with Crippen molar-refractivity contribution in [1.82, 2.24) is 4.57 Å². The van der Waals surface area contributed by atoms with Crippen LogP contribution in [0.5, 0.6) is 0 Å². The van der Waals surface area contributed by atoms with Crippen LogP contribution in [0.2, 0.25) is 0 Å². The normalized spacial score (nSPS) is 10.7. The third-order valence-electron chi connectivity index (χ3n) is 4.97. The molecule has 0 bridgehead atoms. The fourth-order valence-corrected chi connectivity index (χ4v) is 3.36. The molecule has 3 rings (SSSR count). The van der Waals surface area contributed by atoms with E-state index in [-0.39, 0.29) is 17.7 Å². The summed E-state index contributed by atoms with van der Waals surface area (Å²) in [6, 6.07) is 15.0. The number of halogens is 3. The molecule has 0 fully saturated rings. The van der Waals surface area contributed by atoms with Crippen LogP contribution in [0.3, 0.4) is 0 Å². The molecule has 0 saturated carbocycles. The number of aromatic nitrogens is 1. The average molecular weight is 533 g/mol. The highest BCUT2D eigenvalue weighted by atomic mass is 19.4. The zero-order valence-electron chi connectivity index (χ0n) is 20.6. The number of benzene rings is 2. The Hall–Kier alpha value is -4.61. The van der Waals surface area contributed by atoms with E-state index in [1.807, 2.05) is 53.2 Å². The number of carbonyl (C=O) groups is 3. The Morgan fingerprint density at radius 1 is 1.08 bits per heavy atom. The molecule has 1 amide bonds. The summed E-state index contributed by atoms with van der Waals surface area (Å²) in [4.78, 5) is 32.6. The van der Waals surface area contributed by atoms with Crippen molar-refractivity contribution < 1.29 is 37.4 Å². The number of rotatable bonds is 8. The quantitative estimate of drug-likeness (QED) is 0.194. The molecule has 0 aliphatic rings. The van der Waals surface area contributed by atoms with Gasteiger partial charge in [-0.05, 0) is 48.2 Å². The highest BCUT2D eigenvalue weighted by Crippen LogP contribution is 2.20. The van der Waals surface area contributed by atoms with E-state index < -0.39 is 12.1 Å². The molecule has 1 aromatic heterocycles. The summed E-state index contributed by atoms with van der Waals surface area (Å²) in [6.45, 7) is 4.08. The Balaban J connectivity index is 0.000000638. The summed E-state index contributed by atoms with van der Waals surface area (Å²) in [5.74, 6) is -3.22. The standard InChI is InChI=1S/C24H26N4O3.C2HF3O2/c1-3-31-24(30)22-15-28(13-18-5-4-6-19(12-18)23(25)26)14-20(22)11-17-7-9-21(10-8-17)27-16(2)29;3-2(4,5)1(6)7/h4-10,12,14-15H,3,11,13H2,1-2H3,(H3,25,26)(H,27,29);(H,6,7). The van der Waals surface area contributed by atoms with Crippen LogP contribution < -0.4 is 11.1 Å². The van der Waals surface area contributed by atoms with Crippen molar-refractivity contribution in [3.63, 3.8) is 0 Å². The van der Waals surface area contributed by atoms with E-state index >= 15 is 0 Å². The van der Waals surface area contributed by atoms with Gasteiger partial charge in [0.1, 0.15) is 5.84 Å². The molecule has 202 valence electrons. The lowest BCUT2D eigenvalue weighted by molar-refractivity contribution is -0.192. The van der Waals surface area contributed by atoms with Gasteiger partial charge in [-0.2, -0.15) is 13.2 Å². The number of anilines is 1. The molecule has 0 aliphatic carbocycles. The molecule has 9 nitrogen and oxygen atoms in total. The summed E-state index contributed by atoms with van der Waals surface area (Å²) >= 11 is 0. The van der Waals surface area contributed by atoms with Crippen molar-refractivity contribution in [2.24, 2.45) is 5.73 Å². The van der Waals surface area contributed by atoms with Crippen LogP contribution in [0.15, 0.2) is 60.9 Å². The van der Waals surface area contributed by atoms with Gasteiger partial charge in [-0.1, -0.05) is 30.3 Å². The zero-order valence-corrected chi connectivity index (χ0v) is 20.6. The number of carboxylic acid groups (broad SMARTS) is 1. The van der Waals surface area contributed by atoms with Gasteiger partial charge in [0.2, 0.25) is 5.91 Å². The molecule has 2 aromatic carbocycles. The van der Waals surface area contributed by atoms with Crippen LogP contribution >= 0.6 is 0 Å². The second-order valence-corrected chi connectivity index (χ2v) is 8.06. The highest BCUT2D eigenvalue weighted by Gasteiger charge is 2.38. The van der Waals surface area contributed by atoms with Gasteiger partial charge >= 0.3 is 18.1 Å². The van der Waals surface area contributed by atoms with Gasteiger partial charge in [-0.25, -0.2) is 9.59 Å². The maximum atomic E-state index is 12.5. The Morgan fingerprint density at radius 3 is 2.24 bits per heavy atom. The summed E-state index contributed by atoms with van der Waals surface area (Å²) in [5.41, 5.74) is 10.3. The van der Waals surface area contributed by atoms with E-state index in [1.165, 1.54) is 6.92 Å². The molecule has 0 atom stereocenters. The van der Waals surface area contributed by atoms with Crippen LogP contribution in [0.1, 0.15) is 46.5 Å². The number of esters is 1. The Morgan fingerprint density at radius 2 is 1.71 bits per heavy atom. The molecule has 38 heavy (non-hydrogen) atoms. The van der Waals surface area contributed by atoms with Crippen LogP contribution in [-0.4, -0.2) is 46.1 Å². The number of nitrogens with two attached hydrogens (primary N) is 1. The number of amides is 1. The number of aliphatic carboxylic acids is 1. The van der Waals surface area contributed by atoms with E-state index in [1.54, 1.807) is 19.2 Å². The number of nitrogen functional groups attached to an aromatic ring is 1. The molecule has 0 unspecified atom stereocenters. The molecule has 0 aliphatic heterocycles. The maximum absolute atomic E-state index is 12.5. The van der Waals surface area contributed by atoms with Gasteiger partial charge in [0, 0.05) is 37.1 Å². The Labute approximate surface area is 216 Å². The Bertz CT molecular complexity index is 1300. The minimum Gasteiger partial charge on any atom is -0.475 e. The van der Waals surface area contributed by atoms with Gasteiger partial charge in [-0.3, -0.25) is 10.2 Å². The first-order valence-corrected chi connectivity index (χ1v) is 11.3. The zero-order chi connectivity index (χ0) is 28.5. The molecular formula is C26H27F3N4O5. The number of hydrogen-bond donors (Lipinski definition) is 4. The first kappa shape index (κ1) is 29.6. The molecule has 0 saturated heterocycles. The number of nitrogens with one attached hydrogen (secondary N) is 2. The number of hydrogen-bond acceptors (Lipinski definition) is 5. The lowest BCUT2D eigenvalue weighted by Crippen LogP contribution is -2.21. The van der Waals surface area contributed by atoms with Crippen molar-refractivity contribution >= 4 is 29.4 Å². The summed E-state index contributed by atoms with van der Waals surface area (Å²) in [5, 5.41) is 17.5. The first-order chi connectivity index (χ1) is 17.8. The Kier molecular flexibility index (Phi) is 10.2. The summed E-state index contributed by atoms with van der Waals surface area (Å²) < 4.78 is 38.9. The van der Waals surface area contributed by atoms with E-state index in [9.17, 15) is 22.8 Å². The lowest BCUT2D eigenvalue weighted by Gasteiger charge is -2.06. The second kappa shape index (κ2) is 13.1. The van der Waals surface area contributed by atoms with Crippen molar-refractivity contribution in [2.75, 3.05) is 11.9 Å². The number of carbonyl (C=O) groups excluding carboxylic acids is 2. The van der Waals surface area contributed by atoms with E-state index in [4.69, 9.17) is 25.8 Å². The van der Waals surface area contributed by atoms with Gasteiger partial charge in [0.05, 0.1) is 12.2 Å². The van der Waals surface area contributed by atoms with Gasteiger partial charge in [-0.15, -0.1) is 0 Å². The topological polar surface area (TPSA) is 147 Å². The van der Waals surface area contributed by atoms with Crippen LogP contribution in [-0.2, 0) is 27.3 Å². The van der Waals surface area contributed by atoms with E-state index in [2.05, 4.69) is 5.32 Å². The number of ether oxygens (including phenoxy) is 1. The number of amidine groups is 1. The van der Waals surface area contributed by atoms with Crippen molar-refractivity contribution in [1.29, 1.82) is 5.41 Å². The summed E-state index contributed by atoms with van der Waals surface area (Å²) in [7, 11) is 0. The lowest BCUT2D eigenvalue weighted by atomic mass is 10.0. The van der Waals surface area contributed by atoms with Crippen LogP contribution in [0.4, 0.5) is 18.9 Å². The summed E-state index contributed by atoms with van der Waals surface area (Å²) in [6.07, 6.45) is -0.803. The molecule has 0 spiro atoms. The fourth-order valence-electron chi connectivity index (χ4n) is 3.36. The van der Waals surface area contributed by atoms with Gasteiger partial charge < -0.3 is 25.5 Å². The average Bonchev–Trinajstić information content (AvgIpc) is 3.22. The van der Waals surface area contributed by atoms with Gasteiger partial charge in [0.25, 0.3) is 0 Å². The van der Waals surface area contributed by atoms with Crippen molar-refractivity contribution in [2.45, 2.75) is 33.0 Å². The van der Waals surface area contributed by atoms with Gasteiger partial charge in [0.15, 0.2) is 0 Å². The largest absolute Gasteiger partial charge is 0.490 e. The number of nitrogens with zero attached hydrogens (tertiary/aromatic N) is 1. The van der Waals surface area contributed by atoms with Crippen molar-refractivity contribution in [3.8, 4) is 0 Å². The van der Waals surface area contributed by atoms with E-state index in [0.29, 0.717) is 30.7 Å². The molecule has 12 heteroatoms. The van der Waals surface area contributed by atoms with Crippen LogP contribution in [0, 0.1) is 5.41 Å². The molecule has 3 aromatic rings. The minimum atomic E-state index is -5.08. The predicted molar refractivity (Wildman–Crippen MR) is 134 cm³/mol. The number of alkyl halides is 3. The highest BCUT2D eigenvalue weighted by molar-refractivity contribution is 5.95.